The second kappa shape index (κ2) is 5.32. The van der Waals surface area contributed by atoms with Crippen molar-refractivity contribution in [1.82, 2.24) is 5.32 Å². The minimum Gasteiger partial charge on any atom is -0.480 e. The Kier molecular flexibility index (Phi) is 4.07. The van der Waals surface area contributed by atoms with Gasteiger partial charge in [-0.2, -0.15) is 0 Å². The van der Waals surface area contributed by atoms with Crippen LogP contribution in [0.4, 0.5) is 8.78 Å². The lowest BCUT2D eigenvalue weighted by Crippen LogP contribution is -2.28. The van der Waals surface area contributed by atoms with E-state index in [2.05, 4.69) is 5.32 Å². The van der Waals surface area contributed by atoms with Crippen molar-refractivity contribution in [1.29, 1.82) is 0 Å². The Morgan fingerprint density at radius 3 is 2.56 bits per heavy atom. The second-order valence-corrected chi connectivity index (χ2v) is 3.04. The number of ketones is 1. The predicted molar refractivity (Wildman–Crippen MR) is 51.2 cm³/mol. The van der Waals surface area contributed by atoms with Gasteiger partial charge in [0, 0.05) is 0 Å². The molecule has 0 bridgehead atoms. The van der Waals surface area contributed by atoms with Crippen molar-refractivity contribution in [3.63, 3.8) is 0 Å². The SMILES string of the molecule is O=C(O)CNCC(=O)c1cc(F)ccc1F. The van der Waals surface area contributed by atoms with Gasteiger partial charge in [0.15, 0.2) is 5.78 Å². The molecule has 86 valence electrons. The van der Waals surface area contributed by atoms with E-state index in [1.807, 2.05) is 0 Å². The molecule has 16 heavy (non-hydrogen) atoms. The van der Waals surface area contributed by atoms with Crippen LogP contribution >= 0.6 is 0 Å². The molecule has 0 aliphatic rings. The van der Waals surface area contributed by atoms with Crippen LogP contribution in [0.25, 0.3) is 0 Å². The van der Waals surface area contributed by atoms with Gasteiger partial charge in [0.05, 0.1) is 18.7 Å². The summed E-state index contributed by atoms with van der Waals surface area (Å²) in [6.07, 6.45) is 0. The van der Waals surface area contributed by atoms with Crippen LogP contribution in [0, 0.1) is 11.6 Å². The summed E-state index contributed by atoms with van der Waals surface area (Å²) in [6, 6.07) is 2.52. The normalized spacial score (nSPS) is 10.1. The highest BCUT2D eigenvalue weighted by molar-refractivity contribution is 5.98. The zero-order valence-electron chi connectivity index (χ0n) is 8.17. The highest BCUT2D eigenvalue weighted by atomic mass is 19.1. The van der Waals surface area contributed by atoms with Crippen LogP contribution in [0.2, 0.25) is 0 Å². The number of Topliss-reactive ketones (excluding diaryl/α,β-unsaturated/α-hetero) is 1. The third-order valence-corrected chi connectivity index (χ3v) is 1.79. The number of hydrogen-bond acceptors (Lipinski definition) is 3. The van der Waals surface area contributed by atoms with Crippen molar-refractivity contribution >= 4 is 11.8 Å². The molecule has 1 aromatic rings. The molecule has 2 N–H and O–H groups in total. The van der Waals surface area contributed by atoms with E-state index in [-0.39, 0.29) is 6.54 Å². The smallest absolute Gasteiger partial charge is 0.317 e. The third kappa shape index (κ3) is 3.39. The molecule has 6 heteroatoms. The van der Waals surface area contributed by atoms with Gasteiger partial charge in [-0.25, -0.2) is 8.78 Å². The minimum atomic E-state index is -1.13. The second-order valence-electron chi connectivity index (χ2n) is 3.04. The Bertz CT molecular complexity index is 421. The van der Waals surface area contributed by atoms with Gasteiger partial charge in [0.1, 0.15) is 11.6 Å². The van der Waals surface area contributed by atoms with Gasteiger partial charge in [-0.05, 0) is 18.2 Å². The van der Waals surface area contributed by atoms with Crippen molar-refractivity contribution in [3.05, 3.63) is 35.4 Å². The fourth-order valence-corrected chi connectivity index (χ4v) is 1.09. The van der Waals surface area contributed by atoms with Crippen LogP contribution in [-0.2, 0) is 4.79 Å². The molecular formula is C10H9F2NO3. The fraction of sp³-hybridized carbons (Fsp3) is 0.200. The summed E-state index contributed by atoms with van der Waals surface area (Å²) in [5.74, 6) is -3.38. The van der Waals surface area contributed by atoms with E-state index < -0.39 is 35.5 Å². The Hall–Kier alpha value is -1.82. The number of rotatable bonds is 5. The zero-order chi connectivity index (χ0) is 12.1. The lowest BCUT2D eigenvalue weighted by molar-refractivity contribution is -0.135. The maximum Gasteiger partial charge on any atom is 0.317 e. The number of nitrogens with one attached hydrogen (secondary N) is 1. The molecule has 1 rings (SSSR count). The highest BCUT2D eigenvalue weighted by Crippen LogP contribution is 2.09. The molecule has 0 radical (unpaired) electrons. The van der Waals surface area contributed by atoms with Crippen LogP contribution in [0.3, 0.4) is 0 Å². The molecule has 0 aliphatic carbocycles. The molecule has 0 saturated carbocycles. The van der Waals surface area contributed by atoms with E-state index in [4.69, 9.17) is 5.11 Å². The highest BCUT2D eigenvalue weighted by Gasteiger charge is 2.12. The molecule has 0 fully saturated rings. The summed E-state index contributed by atoms with van der Waals surface area (Å²) < 4.78 is 25.8. The monoisotopic (exact) mass is 229 g/mol. The first kappa shape index (κ1) is 12.3. The van der Waals surface area contributed by atoms with Gasteiger partial charge in [0.25, 0.3) is 0 Å². The molecule has 4 nitrogen and oxygen atoms in total. The number of carboxylic acid groups (broad SMARTS) is 1. The zero-order valence-corrected chi connectivity index (χ0v) is 8.17. The van der Waals surface area contributed by atoms with E-state index in [1.165, 1.54) is 0 Å². The van der Waals surface area contributed by atoms with Gasteiger partial charge in [-0.15, -0.1) is 0 Å². The van der Waals surface area contributed by atoms with Crippen molar-refractivity contribution < 1.29 is 23.5 Å². The van der Waals surface area contributed by atoms with Crippen LogP contribution < -0.4 is 5.32 Å². The van der Waals surface area contributed by atoms with E-state index >= 15 is 0 Å². The largest absolute Gasteiger partial charge is 0.480 e. The molecule has 0 amide bonds. The Balaban J connectivity index is 2.65. The number of benzene rings is 1. The Morgan fingerprint density at radius 2 is 1.94 bits per heavy atom. The summed E-state index contributed by atoms with van der Waals surface area (Å²) in [5, 5.41) is 10.6. The first-order chi connectivity index (χ1) is 7.50. The van der Waals surface area contributed by atoms with Gasteiger partial charge in [-0.3, -0.25) is 14.9 Å². The minimum absolute atomic E-state index is 0.354. The molecule has 0 aromatic heterocycles. The number of aliphatic carboxylic acids is 1. The molecular weight excluding hydrogens is 220 g/mol. The molecule has 0 heterocycles. The summed E-state index contributed by atoms with van der Waals surface area (Å²) in [5.41, 5.74) is -0.391. The van der Waals surface area contributed by atoms with E-state index in [0.29, 0.717) is 0 Å². The Labute approximate surface area is 89.9 Å². The summed E-state index contributed by atoms with van der Waals surface area (Å²) >= 11 is 0. The van der Waals surface area contributed by atoms with Crippen molar-refractivity contribution in [2.45, 2.75) is 0 Å². The van der Waals surface area contributed by atoms with Gasteiger partial charge in [0.2, 0.25) is 0 Å². The van der Waals surface area contributed by atoms with E-state index in [9.17, 15) is 18.4 Å². The predicted octanol–water partition coefficient (Wildman–Crippen LogP) is 0.822. The summed E-state index contributed by atoms with van der Waals surface area (Å²) in [4.78, 5) is 21.5. The number of hydrogen-bond donors (Lipinski definition) is 2. The van der Waals surface area contributed by atoms with E-state index in [0.717, 1.165) is 18.2 Å². The summed E-state index contributed by atoms with van der Waals surface area (Å²) in [6.45, 7) is -0.769. The van der Waals surface area contributed by atoms with Gasteiger partial charge in [-0.1, -0.05) is 0 Å². The van der Waals surface area contributed by atoms with Crippen LogP contribution in [0.5, 0.6) is 0 Å². The first-order valence-electron chi connectivity index (χ1n) is 4.41. The van der Waals surface area contributed by atoms with Gasteiger partial charge < -0.3 is 5.11 Å². The summed E-state index contributed by atoms with van der Waals surface area (Å²) in [7, 11) is 0. The fourth-order valence-electron chi connectivity index (χ4n) is 1.09. The standard InChI is InChI=1S/C10H9F2NO3/c11-6-1-2-8(12)7(3-6)9(14)4-13-5-10(15)16/h1-3,13H,4-5H2,(H,15,16). The number of carboxylic acids is 1. The number of halogens is 2. The third-order valence-electron chi connectivity index (χ3n) is 1.79. The Morgan fingerprint density at radius 1 is 1.25 bits per heavy atom. The molecule has 1 aromatic carbocycles. The maximum atomic E-state index is 13.1. The van der Waals surface area contributed by atoms with Crippen LogP contribution in [0.1, 0.15) is 10.4 Å². The first-order valence-corrected chi connectivity index (χ1v) is 4.41. The van der Waals surface area contributed by atoms with Gasteiger partial charge >= 0.3 is 5.97 Å². The van der Waals surface area contributed by atoms with Crippen LogP contribution in [0.15, 0.2) is 18.2 Å². The topological polar surface area (TPSA) is 66.4 Å². The molecule has 0 atom stereocenters. The van der Waals surface area contributed by atoms with Crippen molar-refractivity contribution in [2.24, 2.45) is 0 Å². The van der Waals surface area contributed by atoms with Crippen molar-refractivity contribution in [3.8, 4) is 0 Å². The lowest BCUT2D eigenvalue weighted by atomic mass is 10.1. The molecule has 0 aliphatic heterocycles. The molecule has 0 unspecified atom stereocenters. The average molecular weight is 229 g/mol. The number of carbonyl (C=O) groups is 2. The van der Waals surface area contributed by atoms with E-state index in [1.54, 1.807) is 0 Å². The number of carbonyl (C=O) groups excluding carboxylic acids is 1. The molecule has 0 spiro atoms. The quantitative estimate of drug-likeness (QED) is 0.733. The average Bonchev–Trinajstić information content (AvgIpc) is 2.21. The van der Waals surface area contributed by atoms with Crippen LogP contribution in [-0.4, -0.2) is 29.9 Å². The van der Waals surface area contributed by atoms with Crippen molar-refractivity contribution in [2.75, 3.05) is 13.1 Å². The molecule has 0 saturated heterocycles. The maximum absolute atomic E-state index is 13.1. The lowest BCUT2D eigenvalue weighted by Gasteiger charge is -2.03.